The summed E-state index contributed by atoms with van der Waals surface area (Å²) >= 11 is 0. The van der Waals surface area contributed by atoms with Crippen molar-refractivity contribution in [1.82, 2.24) is 5.32 Å². The fourth-order valence-electron chi connectivity index (χ4n) is 2.41. The van der Waals surface area contributed by atoms with Crippen molar-refractivity contribution in [2.45, 2.75) is 37.8 Å². The summed E-state index contributed by atoms with van der Waals surface area (Å²) in [7, 11) is 0. The van der Waals surface area contributed by atoms with Crippen LogP contribution < -0.4 is 11.1 Å². The molecule has 1 fully saturated rings. The lowest BCUT2D eigenvalue weighted by molar-refractivity contribution is 0.119. The molecule has 1 aromatic rings. The first kappa shape index (κ1) is 16.2. The predicted octanol–water partition coefficient (Wildman–Crippen LogP) is 2.29. The molecule has 1 aromatic carbocycles. The molecule has 4 nitrogen and oxygen atoms in total. The number of carbonyl (C=O) groups excluding carboxylic acids is 1. The van der Waals surface area contributed by atoms with Gasteiger partial charge in [-0.3, -0.25) is 0 Å². The number of amides is 1. The average molecular weight is 308 g/mol. The second-order valence-electron chi connectivity index (χ2n) is 5.29. The first-order chi connectivity index (χ1) is 10.5. The topological polar surface area (TPSA) is 64.3 Å². The van der Waals surface area contributed by atoms with Gasteiger partial charge in [-0.1, -0.05) is 11.8 Å². The maximum atomic E-state index is 13.1. The Hall–Kier alpha value is -2.13. The number of hydrogen-bond donors (Lipinski definition) is 2. The zero-order valence-corrected chi connectivity index (χ0v) is 12.2. The second kappa shape index (κ2) is 7.23. The van der Waals surface area contributed by atoms with Gasteiger partial charge in [0.25, 0.3) is 0 Å². The van der Waals surface area contributed by atoms with Crippen LogP contribution in [0.1, 0.15) is 31.2 Å². The van der Waals surface area contributed by atoms with Gasteiger partial charge in [-0.05, 0) is 43.4 Å². The first-order valence-electron chi connectivity index (χ1n) is 7.09. The van der Waals surface area contributed by atoms with Crippen LogP contribution in [0.25, 0.3) is 0 Å². The van der Waals surface area contributed by atoms with Crippen molar-refractivity contribution in [2.24, 2.45) is 5.73 Å². The van der Waals surface area contributed by atoms with E-state index in [1.54, 1.807) is 6.92 Å². The van der Waals surface area contributed by atoms with Crippen LogP contribution in [-0.2, 0) is 4.74 Å². The van der Waals surface area contributed by atoms with Gasteiger partial charge in [0.15, 0.2) is 6.10 Å². The minimum absolute atomic E-state index is 0.0463. The van der Waals surface area contributed by atoms with Crippen molar-refractivity contribution >= 4 is 6.09 Å². The largest absolute Gasteiger partial charge is 0.433 e. The van der Waals surface area contributed by atoms with E-state index in [1.807, 2.05) is 0 Å². The molecule has 3 N–H and O–H groups in total. The number of nitrogens with two attached hydrogens (primary N) is 1. The van der Waals surface area contributed by atoms with Crippen LogP contribution in [0.4, 0.5) is 13.6 Å². The molecule has 0 heterocycles. The number of benzene rings is 1. The Kier molecular flexibility index (Phi) is 5.34. The fraction of sp³-hybridized carbons (Fsp3) is 0.438. The van der Waals surface area contributed by atoms with Crippen LogP contribution in [0.2, 0.25) is 0 Å². The Morgan fingerprint density at radius 3 is 2.64 bits per heavy atom. The number of hydrogen-bond acceptors (Lipinski definition) is 3. The van der Waals surface area contributed by atoms with Crippen LogP contribution in [0.3, 0.4) is 0 Å². The van der Waals surface area contributed by atoms with Crippen molar-refractivity contribution in [2.75, 3.05) is 6.54 Å². The summed E-state index contributed by atoms with van der Waals surface area (Å²) in [6, 6.07) is 3.44. The lowest BCUT2D eigenvalue weighted by atomic mass is 9.76. The van der Waals surface area contributed by atoms with Gasteiger partial charge in [0.1, 0.15) is 11.6 Å². The molecule has 0 aliphatic heterocycles. The molecule has 0 unspecified atom stereocenters. The van der Waals surface area contributed by atoms with E-state index in [0.717, 1.165) is 6.07 Å². The summed E-state index contributed by atoms with van der Waals surface area (Å²) in [6.45, 7) is 1.87. The van der Waals surface area contributed by atoms with Gasteiger partial charge in [-0.15, -0.1) is 0 Å². The molecule has 0 aromatic heterocycles. The average Bonchev–Trinajstić information content (AvgIpc) is 2.38. The van der Waals surface area contributed by atoms with E-state index in [2.05, 4.69) is 17.2 Å². The zero-order valence-electron chi connectivity index (χ0n) is 12.2. The summed E-state index contributed by atoms with van der Waals surface area (Å²) in [6.07, 6.45) is 0.172. The maximum Gasteiger partial charge on any atom is 0.408 e. The lowest BCUT2D eigenvalue weighted by Crippen LogP contribution is -2.44. The highest BCUT2D eigenvalue weighted by molar-refractivity contribution is 5.68. The molecule has 0 spiro atoms. The van der Waals surface area contributed by atoms with E-state index >= 15 is 0 Å². The summed E-state index contributed by atoms with van der Waals surface area (Å²) in [5.41, 5.74) is 5.84. The highest BCUT2D eigenvalue weighted by Gasteiger charge is 2.32. The van der Waals surface area contributed by atoms with Crippen molar-refractivity contribution in [1.29, 1.82) is 0 Å². The molecule has 0 bridgehead atoms. The van der Waals surface area contributed by atoms with Crippen LogP contribution in [0, 0.1) is 23.5 Å². The van der Waals surface area contributed by atoms with Gasteiger partial charge in [0.05, 0.1) is 6.54 Å². The third-order valence-electron chi connectivity index (χ3n) is 3.51. The molecular weight excluding hydrogens is 290 g/mol. The number of rotatable bonds is 3. The highest BCUT2D eigenvalue weighted by atomic mass is 19.1. The molecule has 1 aliphatic rings. The Morgan fingerprint density at radius 2 is 2.05 bits per heavy atom. The molecule has 1 aliphatic carbocycles. The van der Waals surface area contributed by atoms with E-state index in [-0.39, 0.29) is 18.5 Å². The monoisotopic (exact) mass is 308 g/mol. The fourth-order valence-corrected chi connectivity index (χ4v) is 2.41. The van der Waals surface area contributed by atoms with Crippen molar-refractivity contribution in [3.8, 4) is 11.8 Å². The van der Waals surface area contributed by atoms with Gasteiger partial charge in [0, 0.05) is 12.1 Å². The lowest BCUT2D eigenvalue weighted by Gasteiger charge is -2.36. The number of nitrogens with one attached hydrogen (secondary N) is 1. The molecule has 1 saturated carbocycles. The first-order valence-corrected chi connectivity index (χ1v) is 7.09. The summed E-state index contributed by atoms with van der Waals surface area (Å²) in [5.74, 6) is 4.18. The van der Waals surface area contributed by atoms with Crippen LogP contribution >= 0.6 is 0 Å². The Morgan fingerprint density at radius 1 is 1.41 bits per heavy atom. The van der Waals surface area contributed by atoms with Gasteiger partial charge >= 0.3 is 6.09 Å². The van der Waals surface area contributed by atoms with Crippen molar-refractivity contribution < 1.29 is 18.3 Å². The summed E-state index contributed by atoms with van der Waals surface area (Å²) in [5, 5.41) is 2.70. The smallest absolute Gasteiger partial charge is 0.408 e. The Bertz CT molecular complexity index is 584. The third kappa shape index (κ3) is 4.43. The Labute approximate surface area is 128 Å². The molecule has 1 atom stereocenters. The normalized spacial score (nSPS) is 21.1. The summed E-state index contributed by atoms with van der Waals surface area (Å²) < 4.78 is 31.3. The molecule has 118 valence electrons. The number of alkyl carbamates (subject to hydrolysis) is 1. The molecular formula is C16H18F2N2O2. The highest BCUT2D eigenvalue weighted by Crippen LogP contribution is 2.37. The zero-order chi connectivity index (χ0) is 16.1. The van der Waals surface area contributed by atoms with Crippen LogP contribution in [-0.4, -0.2) is 24.8 Å². The van der Waals surface area contributed by atoms with Crippen LogP contribution in [0.15, 0.2) is 18.2 Å². The van der Waals surface area contributed by atoms with Gasteiger partial charge < -0.3 is 15.8 Å². The van der Waals surface area contributed by atoms with Gasteiger partial charge in [-0.2, -0.15) is 0 Å². The second-order valence-corrected chi connectivity index (χ2v) is 5.29. The molecule has 1 amide bonds. The van der Waals surface area contributed by atoms with Crippen molar-refractivity contribution in [3.05, 3.63) is 35.4 Å². The number of carbonyl (C=O) groups is 1. The molecule has 6 heteroatoms. The van der Waals surface area contributed by atoms with E-state index in [0.29, 0.717) is 18.4 Å². The predicted molar refractivity (Wildman–Crippen MR) is 78.0 cm³/mol. The third-order valence-corrected chi connectivity index (χ3v) is 3.51. The quantitative estimate of drug-likeness (QED) is 0.842. The van der Waals surface area contributed by atoms with Gasteiger partial charge in [-0.25, -0.2) is 13.6 Å². The number of halogens is 2. The van der Waals surface area contributed by atoms with E-state index < -0.39 is 23.8 Å². The SMILES string of the molecule is C[C@H](C#CCN)OC(=O)NC1CC(c2cc(F)cc(F)c2)C1. The minimum Gasteiger partial charge on any atom is -0.433 e. The van der Waals surface area contributed by atoms with Crippen molar-refractivity contribution in [3.63, 3.8) is 0 Å². The van der Waals surface area contributed by atoms with Gasteiger partial charge in [0.2, 0.25) is 0 Å². The minimum atomic E-state index is -0.585. The molecule has 2 rings (SSSR count). The van der Waals surface area contributed by atoms with Crippen LogP contribution in [0.5, 0.6) is 0 Å². The number of ether oxygens (including phenoxy) is 1. The summed E-state index contributed by atoms with van der Waals surface area (Å²) in [4.78, 5) is 11.6. The van der Waals surface area contributed by atoms with E-state index in [4.69, 9.17) is 10.5 Å². The standard InChI is InChI=1S/C16H18F2N2O2/c1-10(3-2-4-19)22-16(21)20-15-7-12(8-15)11-5-13(17)9-14(18)6-11/h5-6,9-10,12,15H,4,7-8,19H2,1H3,(H,20,21)/t10-,12?,15?/m1/s1. The van der Waals surface area contributed by atoms with E-state index in [1.165, 1.54) is 12.1 Å². The van der Waals surface area contributed by atoms with E-state index in [9.17, 15) is 13.6 Å². The molecule has 0 saturated heterocycles. The maximum absolute atomic E-state index is 13.1. The Balaban J connectivity index is 1.78. The molecule has 22 heavy (non-hydrogen) atoms. The molecule has 0 radical (unpaired) electrons.